The Hall–Kier alpha value is -2.15. The molecule has 1 saturated heterocycles. The molecule has 1 aliphatic heterocycles. The molecular weight excluding hydrogens is 388 g/mol. The first kappa shape index (κ1) is 21.6. The molecule has 2 aromatic rings. The van der Waals surface area contributed by atoms with Gasteiger partial charge in [-0.3, -0.25) is 14.7 Å². The van der Waals surface area contributed by atoms with E-state index in [-0.39, 0.29) is 12.0 Å². The van der Waals surface area contributed by atoms with Crippen molar-refractivity contribution in [2.75, 3.05) is 40.3 Å². The van der Waals surface area contributed by atoms with Crippen molar-refractivity contribution < 1.29 is 9.53 Å². The molecule has 6 nitrogen and oxygen atoms in total. The van der Waals surface area contributed by atoms with E-state index in [4.69, 9.17) is 16.3 Å². The molecule has 1 aromatic heterocycles. The molecule has 0 atom stereocenters. The quantitative estimate of drug-likeness (QED) is 0.716. The Labute approximate surface area is 177 Å². The summed E-state index contributed by atoms with van der Waals surface area (Å²) in [7, 11) is 3.94. The number of hydrogen-bond donors (Lipinski definition) is 1. The van der Waals surface area contributed by atoms with Gasteiger partial charge in [0.05, 0.1) is 5.02 Å². The lowest BCUT2D eigenvalue weighted by Gasteiger charge is -2.32. The van der Waals surface area contributed by atoms with Crippen LogP contribution < -0.4 is 10.1 Å². The predicted octanol–water partition coefficient (Wildman–Crippen LogP) is 3.07. The van der Waals surface area contributed by atoms with Gasteiger partial charge in [-0.05, 0) is 62.8 Å². The van der Waals surface area contributed by atoms with E-state index in [0.717, 1.165) is 39.0 Å². The van der Waals surface area contributed by atoms with Crippen molar-refractivity contribution in [3.05, 3.63) is 58.9 Å². The zero-order chi connectivity index (χ0) is 20.6. The molecule has 7 heteroatoms. The summed E-state index contributed by atoms with van der Waals surface area (Å²) in [5.74, 6) is 0.522. The molecule has 1 amide bonds. The fraction of sp³-hybridized carbons (Fsp3) is 0.455. The van der Waals surface area contributed by atoms with Crippen LogP contribution in [0.2, 0.25) is 5.02 Å². The largest absolute Gasteiger partial charge is 0.489 e. The number of ether oxygens (including phenoxy) is 1. The van der Waals surface area contributed by atoms with Gasteiger partial charge in [-0.2, -0.15) is 0 Å². The Kier molecular flexibility index (Phi) is 7.86. The van der Waals surface area contributed by atoms with Crippen molar-refractivity contribution in [2.45, 2.75) is 25.5 Å². The highest BCUT2D eigenvalue weighted by Crippen LogP contribution is 2.28. The van der Waals surface area contributed by atoms with E-state index in [1.54, 1.807) is 18.2 Å². The number of piperidine rings is 1. The Bertz CT molecular complexity index is 793. The molecule has 0 radical (unpaired) electrons. The zero-order valence-corrected chi connectivity index (χ0v) is 17.9. The van der Waals surface area contributed by atoms with Gasteiger partial charge < -0.3 is 15.0 Å². The minimum Gasteiger partial charge on any atom is -0.489 e. The summed E-state index contributed by atoms with van der Waals surface area (Å²) in [6, 6.07) is 9.36. The average Bonchev–Trinajstić information content (AvgIpc) is 2.71. The van der Waals surface area contributed by atoms with Crippen LogP contribution in [-0.4, -0.2) is 67.1 Å². The van der Waals surface area contributed by atoms with Crippen LogP contribution >= 0.6 is 11.6 Å². The molecular formula is C22H29ClN4O2. The first-order valence-electron chi connectivity index (χ1n) is 10.0. The van der Waals surface area contributed by atoms with Gasteiger partial charge in [0, 0.05) is 50.7 Å². The second kappa shape index (κ2) is 10.6. The Morgan fingerprint density at radius 2 is 1.97 bits per heavy atom. The molecule has 29 heavy (non-hydrogen) atoms. The maximum Gasteiger partial charge on any atom is 0.251 e. The average molecular weight is 417 g/mol. The number of carbonyl (C=O) groups excluding carboxylic acids is 1. The van der Waals surface area contributed by atoms with Crippen molar-refractivity contribution in [3.63, 3.8) is 0 Å². The molecule has 0 bridgehead atoms. The van der Waals surface area contributed by atoms with Crippen LogP contribution in [0.4, 0.5) is 0 Å². The Morgan fingerprint density at radius 1 is 1.24 bits per heavy atom. The number of nitrogens with one attached hydrogen (secondary N) is 1. The van der Waals surface area contributed by atoms with Crippen LogP contribution in [0.1, 0.15) is 28.8 Å². The van der Waals surface area contributed by atoms with Gasteiger partial charge in [-0.15, -0.1) is 0 Å². The van der Waals surface area contributed by atoms with Gasteiger partial charge in [-0.25, -0.2) is 0 Å². The first-order chi connectivity index (χ1) is 14.0. The standard InChI is InChI=1S/C22H29ClN4O2/c1-26(2)14-11-25-22(28)18-3-4-21(20(23)15-18)29-19-7-12-27(13-8-19)16-17-5-9-24-10-6-17/h3-6,9-10,15,19H,7-8,11-14,16H2,1-2H3,(H,25,28). The van der Waals surface area contributed by atoms with Gasteiger partial charge in [0.1, 0.15) is 11.9 Å². The molecule has 3 rings (SSSR count). The van der Waals surface area contributed by atoms with Crippen molar-refractivity contribution >= 4 is 17.5 Å². The van der Waals surface area contributed by atoms with E-state index >= 15 is 0 Å². The molecule has 2 heterocycles. The van der Waals surface area contributed by atoms with E-state index in [1.165, 1.54) is 5.56 Å². The number of carbonyl (C=O) groups is 1. The number of halogens is 1. The number of aromatic nitrogens is 1. The zero-order valence-electron chi connectivity index (χ0n) is 17.1. The van der Waals surface area contributed by atoms with Gasteiger partial charge in [0.2, 0.25) is 0 Å². The first-order valence-corrected chi connectivity index (χ1v) is 10.4. The summed E-state index contributed by atoms with van der Waals surface area (Å²) in [6.07, 6.45) is 5.71. The number of amides is 1. The third-order valence-electron chi connectivity index (χ3n) is 5.02. The molecule has 156 valence electrons. The lowest BCUT2D eigenvalue weighted by molar-refractivity contribution is 0.0948. The number of benzene rings is 1. The number of pyridine rings is 1. The van der Waals surface area contributed by atoms with Crippen molar-refractivity contribution in [3.8, 4) is 5.75 Å². The van der Waals surface area contributed by atoms with Crippen LogP contribution in [0.25, 0.3) is 0 Å². The van der Waals surface area contributed by atoms with E-state index in [1.807, 2.05) is 31.4 Å². The van der Waals surface area contributed by atoms with Gasteiger partial charge >= 0.3 is 0 Å². The van der Waals surface area contributed by atoms with Gasteiger partial charge in [-0.1, -0.05) is 11.6 Å². The summed E-state index contributed by atoms with van der Waals surface area (Å²) in [5.41, 5.74) is 1.83. The number of nitrogens with zero attached hydrogens (tertiary/aromatic N) is 3. The van der Waals surface area contributed by atoms with E-state index < -0.39 is 0 Å². The van der Waals surface area contributed by atoms with Gasteiger partial charge in [0.25, 0.3) is 5.91 Å². The fourth-order valence-electron chi connectivity index (χ4n) is 3.34. The summed E-state index contributed by atoms with van der Waals surface area (Å²) in [4.78, 5) is 20.7. The molecule has 1 aliphatic rings. The number of rotatable bonds is 8. The van der Waals surface area contributed by atoms with Crippen LogP contribution in [-0.2, 0) is 6.54 Å². The van der Waals surface area contributed by atoms with E-state index in [2.05, 4.69) is 27.3 Å². The second-order valence-corrected chi connectivity index (χ2v) is 8.06. The maximum atomic E-state index is 12.2. The van der Waals surface area contributed by atoms with Crippen molar-refractivity contribution in [1.29, 1.82) is 0 Å². The summed E-state index contributed by atoms with van der Waals surface area (Å²) in [5, 5.41) is 3.37. The monoisotopic (exact) mass is 416 g/mol. The second-order valence-electron chi connectivity index (χ2n) is 7.65. The summed E-state index contributed by atoms with van der Waals surface area (Å²) in [6.45, 7) is 4.29. The Balaban J connectivity index is 1.47. The molecule has 0 saturated carbocycles. The SMILES string of the molecule is CN(C)CCNC(=O)c1ccc(OC2CCN(Cc3ccncc3)CC2)c(Cl)c1. The fourth-order valence-corrected chi connectivity index (χ4v) is 3.57. The van der Waals surface area contributed by atoms with Crippen LogP contribution in [0, 0.1) is 0 Å². The summed E-state index contributed by atoms with van der Waals surface area (Å²) >= 11 is 6.38. The highest BCUT2D eigenvalue weighted by Gasteiger charge is 2.21. The van der Waals surface area contributed by atoms with Crippen LogP contribution in [0.3, 0.4) is 0 Å². The molecule has 1 aromatic carbocycles. The van der Waals surface area contributed by atoms with Crippen LogP contribution in [0.5, 0.6) is 5.75 Å². The lowest BCUT2D eigenvalue weighted by atomic mass is 10.1. The minimum absolute atomic E-state index is 0.121. The maximum absolute atomic E-state index is 12.2. The molecule has 1 fully saturated rings. The predicted molar refractivity (Wildman–Crippen MR) is 116 cm³/mol. The van der Waals surface area contributed by atoms with E-state index in [9.17, 15) is 4.79 Å². The highest BCUT2D eigenvalue weighted by atomic mass is 35.5. The topological polar surface area (TPSA) is 57.7 Å². The third-order valence-corrected chi connectivity index (χ3v) is 5.32. The Morgan fingerprint density at radius 3 is 2.62 bits per heavy atom. The smallest absolute Gasteiger partial charge is 0.251 e. The normalized spacial score (nSPS) is 15.4. The number of likely N-dealkylation sites (N-methyl/N-ethyl adjacent to an activating group) is 1. The number of hydrogen-bond acceptors (Lipinski definition) is 5. The molecule has 0 aliphatic carbocycles. The van der Waals surface area contributed by atoms with Gasteiger partial charge in [0.15, 0.2) is 0 Å². The molecule has 0 unspecified atom stereocenters. The van der Waals surface area contributed by atoms with Crippen molar-refractivity contribution in [1.82, 2.24) is 20.1 Å². The third kappa shape index (κ3) is 6.70. The molecule has 1 N–H and O–H groups in total. The summed E-state index contributed by atoms with van der Waals surface area (Å²) < 4.78 is 6.12. The van der Waals surface area contributed by atoms with E-state index in [0.29, 0.717) is 22.9 Å². The minimum atomic E-state index is -0.121. The number of likely N-dealkylation sites (tertiary alicyclic amines) is 1. The highest BCUT2D eigenvalue weighted by molar-refractivity contribution is 6.32. The van der Waals surface area contributed by atoms with Crippen molar-refractivity contribution in [2.24, 2.45) is 0 Å². The lowest BCUT2D eigenvalue weighted by Crippen LogP contribution is -2.37. The van der Waals surface area contributed by atoms with Crippen LogP contribution in [0.15, 0.2) is 42.7 Å². The molecule has 0 spiro atoms.